The summed E-state index contributed by atoms with van der Waals surface area (Å²) in [5.74, 6) is -0.333. The summed E-state index contributed by atoms with van der Waals surface area (Å²) in [7, 11) is 0. The first-order valence-electron chi connectivity index (χ1n) is 0.993. The molecule has 0 bridgehead atoms. The van der Waals surface area contributed by atoms with Crippen LogP contribution in [0.25, 0.3) is 0 Å². The molecule has 0 aliphatic heterocycles. The summed E-state index contributed by atoms with van der Waals surface area (Å²) in [6, 6.07) is 0. The Morgan fingerprint density at radius 2 is 1.80 bits per heavy atom. The molecule has 0 aliphatic carbocycles. The van der Waals surface area contributed by atoms with E-state index in [0.29, 0.717) is 0 Å². The zero-order valence-corrected chi connectivity index (χ0v) is 9.77. The molecule has 0 aromatic heterocycles. The number of nitrogens with two attached hydrogens (primary N) is 1. The molecule has 0 spiro atoms. The molecule has 0 unspecified atom stereocenters. The number of carbonyl (C=O) groups is 1. The van der Waals surface area contributed by atoms with Gasteiger partial charge in [-0.2, -0.15) is 0 Å². The molecule has 0 heterocycles. The molecular formula is C2H5CsNO. The van der Waals surface area contributed by atoms with Gasteiger partial charge in [0.05, 0.1) is 0 Å². The van der Waals surface area contributed by atoms with Crippen molar-refractivity contribution in [1.82, 2.24) is 0 Å². The number of rotatable bonds is 0. The third kappa shape index (κ3) is 29.6. The molecule has 0 saturated heterocycles. The zero-order chi connectivity index (χ0) is 3.58. The first-order valence-corrected chi connectivity index (χ1v) is 0.993. The van der Waals surface area contributed by atoms with Gasteiger partial charge in [-0.15, -0.1) is 0 Å². The normalized spacial score (nSPS) is 5.00. The predicted molar refractivity (Wildman–Crippen MR) is 20.6 cm³/mol. The SMILES string of the molecule is CC(N)=O.[Cs]. The molecule has 3 heteroatoms. The summed E-state index contributed by atoms with van der Waals surface area (Å²) in [5.41, 5.74) is 4.47. The maximum atomic E-state index is 9.22. The Morgan fingerprint density at radius 1 is 1.80 bits per heavy atom. The van der Waals surface area contributed by atoms with Gasteiger partial charge in [-0.25, -0.2) is 0 Å². The smallest absolute Gasteiger partial charge is 0.214 e. The molecule has 1 radical (unpaired) electrons. The Bertz CT molecular complexity index is 32.6. The fourth-order valence-corrected chi connectivity index (χ4v) is 0. The molecular weight excluding hydrogens is 187 g/mol. The van der Waals surface area contributed by atoms with Gasteiger partial charge in [0.1, 0.15) is 0 Å². The van der Waals surface area contributed by atoms with Gasteiger partial charge in [0.15, 0.2) is 0 Å². The minimum absolute atomic E-state index is 0. The number of amides is 1. The second-order valence-electron chi connectivity index (χ2n) is 0.611. The summed E-state index contributed by atoms with van der Waals surface area (Å²) in [4.78, 5) is 9.22. The molecule has 5 heavy (non-hydrogen) atoms. The largest absolute Gasteiger partial charge is 0.370 e. The number of hydrogen-bond donors (Lipinski definition) is 1. The number of carbonyl (C=O) groups excluding carboxylic acids is 1. The van der Waals surface area contributed by atoms with Crippen molar-refractivity contribution >= 4 is 74.8 Å². The predicted octanol–water partition coefficient (Wildman–Crippen LogP) is -0.889. The van der Waals surface area contributed by atoms with Crippen LogP contribution in [0.4, 0.5) is 0 Å². The second kappa shape index (κ2) is 5.52. The van der Waals surface area contributed by atoms with Gasteiger partial charge in [-0.05, 0) is 0 Å². The van der Waals surface area contributed by atoms with Gasteiger partial charge in [0.2, 0.25) is 5.91 Å². The molecule has 2 N–H and O–H groups in total. The van der Waals surface area contributed by atoms with Crippen molar-refractivity contribution in [2.45, 2.75) is 6.92 Å². The van der Waals surface area contributed by atoms with E-state index >= 15 is 0 Å². The van der Waals surface area contributed by atoms with E-state index in [-0.39, 0.29) is 74.8 Å². The van der Waals surface area contributed by atoms with E-state index in [2.05, 4.69) is 5.73 Å². The van der Waals surface area contributed by atoms with Crippen LogP contribution in [0.5, 0.6) is 0 Å². The molecule has 0 aliphatic rings. The Labute approximate surface area is 89.9 Å². The van der Waals surface area contributed by atoms with Crippen LogP contribution in [0.15, 0.2) is 0 Å². The van der Waals surface area contributed by atoms with Crippen LogP contribution in [-0.2, 0) is 4.79 Å². The van der Waals surface area contributed by atoms with E-state index in [1.165, 1.54) is 6.92 Å². The van der Waals surface area contributed by atoms with Gasteiger partial charge in [0, 0.05) is 75.8 Å². The van der Waals surface area contributed by atoms with Crippen molar-refractivity contribution in [3.63, 3.8) is 0 Å². The molecule has 0 aromatic rings. The van der Waals surface area contributed by atoms with E-state index < -0.39 is 0 Å². The van der Waals surface area contributed by atoms with E-state index in [9.17, 15) is 4.79 Å². The van der Waals surface area contributed by atoms with Crippen molar-refractivity contribution in [2.75, 3.05) is 0 Å². The van der Waals surface area contributed by atoms with E-state index in [4.69, 9.17) is 0 Å². The topological polar surface area (TPSA) is 43.1 Å². The maximum Gasteiger partial charge on any atom is 0.214 e. The summed E-state index contributed by atoms with van der Waals surface area (Å²) in [5, 5.41) is 0. The third-order valence-corrected chi connectivity index (χ3v) is 0. The molecule has 2 nitrogen and oxygen atoms in total. The van der Waals surface area contributed by atoms with E-state index in [0.717, 1.165) is 0 Å². The van der Waals surface area contributed by atoms with Crippen molar-refractivity contribution in [1.29, 1.82) is 0 Å². The van der Waals surface area contributed by atoms with Gasteiger partial charge in [-0.3, -0.25) is 4.79 Å². The molecule has 1 amide bonds. The fourth-order valence-electron chi connectivity index (χ4n) is 0. The van der Waals surface area contributed by atoms with Crippen molar-refractivity contribution in [2.24, 2.45) is 5.73 Å². The van der Waals surface area contributed by atoms with Crippen LogP contribution >= 0.6 is 0 Å². The Balaban J connectivity index is 0. The van der Waals surface area contributed by atoms with Crippen LogP contribution in [0.3, 0.4) is 0 Å². The maximum absolute atomic E-state index is 9.22. The molecule has 0 rings (SSSR count). The van der Waals surface area contributed by atoms with Crippen LogP contribution < -0.4 is 5.73 Å². The Kier molecular flexibility index (Phi) is 10.7. The summed E-state index contributed by atoms with van der Waals surface area (Å²) in [6.07, 6.45) is 0. The summed E-state index contributed by atoms with van der Waals surface area (Å²) >= 11 is 0. The number of hydrogen-bond acceptors (Lipinski definition) is 1. The van der Waals surface area contributed by atoms with Crippen LogP contribution in [0.2, 0.25) is 0 Å². The van der Waals surface area contributed by atoms with Gasteiger partial charge in [-0.1, -0.05) is 0 Å². The van der Waals surface area contributed by atoms with Crippen LogP contribution in [0, 0.1) is 0 Å². The minimum Gasteiger partial charge on any atom is -0.370 e. The van der Waals surface area contributed by atoms with E-state index in [1.807, 2.05) is 0 Å². The molecule has 0 fully saturated rings. The minimum atomic E-state index is -0.333. The third-order valence-electron chi connectivity index (χ3n) is 0. The summed E-state index contributed by atoms with van der Waals surface area (Å²) in [6.45, 7) is 1.31. The first-order chi connectivity index (χ1) is 1.73. The van der Waals surface area contributed by atoms with Crippen molar-refractivity contribution in [3.8, 4) is 0 Å². The first kappa shape index (κ1) is 9.73. The van der Waals surface area contributed by atoms with Crippen molar-refractivity contribution in [3.05, 3.63) is 0 Å². The van der Waals surface area contributed by atoms with Crippen LogP contribution in [-0.4, -0.2) is 74.8 Å². The molecule has 0 atom stereocenters. The molecule has 0 saturated carbocycles. The Hall–Kier alpha value is 1.52. The zero-order valence-electron chi connectivity index (χ0n) is 3.49. The second-order valence-corrected chi connectivity index (χ2v) is 0.611. The quantitative estimate of drug-likeness (QED) is 0.531. The van der Waals surface area contributed by atoms with Crippen LogP contribution in [0.1, 0.15) is 6.92 Å². The van der Waals surface area contributed by atoms with Gasteiger partial charge >= 0.3 is 0 Å². The van der Waals surface area contributed by atoms with E-state index in [1.54, 1.807) is 0 Å². The average Bonchev–Trinajstić information content (AvgIpc) is 0.811. The Morgan fingerprint density at radius 3 is 1.80 bits per heavy atom. The monoisotopic (exact) mass is 192 g/mol. The molecule has 0 aromatic carbocycles. The average molecular weight is 192 g/mol. The van der Waals surface area contributed by atoms with Crippen molar-refractivity contribution < 1.29 is 4.79 Å². The fraction of sp³-hybridized carbons (Fsp3) is 0.500. The van der Waals surface area contributed by atoms with Gasteiger partial charge in [0.25, 0.3) is 0 Å². The number of primary amides is 1. The van der Waals surface area contributed by atoms with Gasteiger partial charge < -0.3 is 5.73 Å². The summed E-state index contributed by atoms with van der Waals surface area (Å²) < 4.78 is 0. The standard InChI is InChI=1S/C2H5NO.Cs/c1-2(3)4;/h1H3,(H2,3,4);. The molecule has 25 valence electrons.